The van der Waals surface area contributed by atoms with Crippen molar-refractivity contribution < 1.29 is 0 Å². The van der Waals surface area contributed by atoms with Crippen LogP contribution in [-0.2, 0) is 6.54 Å². The molecule has 1 saturated carbocycles. The Labute approximate surface area is 124 Å². The van der Waals surface area contributed by atoms with E-state index in [4.69, 9.17) is 22.3 Å². The van der Waals surface area contributed by atoms with Gasteiger partial charge in [-0.2, -0.15) is 0 Å². The highest BCUT2D eigenvalue weighted by atomic mass is 35.5. The molecule has 3 nitrogen and oxygen atoms in total. The highest BCUT2D eigenvalue weighted by molar-refractivity contribution is 6.30. The van der Waals surface area contributed by atoms with Gasteiger partial charge in [-0.3, -0.25) is 0 Å². The lowest BCUT2D eigenvalue weighted by Gasteiger charge is -2.11. The van der Waals surface area contributed by atoms with Gasteiger partial charge >= 0.3 is 0 Å². The zero-order valence-corrected chi connectivity index (χ0v) is 12.5. The van der Waals surface area contributed by atoms with E-state index in [1.807, 2.05) is 24.3 Å². The fraction of sp³-hybridized carbons (Fsp3) is 0.438. The number of hydrogen-bond acceptors (Lipinski definition) is 2. The summed E-state index contributed by atoms with van der Waals surface area (Å²) in [4.78, 5) is 4.86. The number of nitrogens with zero attached hydrogens (tertiary/aromatic N) is 2. The Morgan fingerprint density at radius 2 is 1.90 bits per heavy atom. The molecule has 1 aromatic heterocycles. The van der Waals surface area contributed by atoms with Crippen molar-refractivity contribution >= 4 is 17.4 Å². The van der Waals surface area contributed by atoms with Crippen LogP contribution in [0.4, 0.5) is 5.82 Å². The highest BCUT2D eigenvalue weighted by Crippen LogP contribution is 2.37. The first-order valence-corrected chi connectivity index (χ1v) is 7.70. The van der Waals surface area contributed by atoms with E-state index < -0.39 is 0 Å². The number of halogens is 1. The molecule has 2 N–H and O–H groups in total. The van der Waals surface area contributed by atoms with Crippen LogP contribution in [0.5, 0.6) is 0 Å². The van der Waals surface area contributed by atoms with Crippen molar-refractivity contribution in [2.24, 2.45) is 0 Å². The van der Waals surface area contributed by atoms with Gasteiger partial charge in [-0.25, -0.2) is 4.98 Å². The molecule has 0 aliphatic heterocycles. The van der Waals surface area contributed by atoms with Crippen molar-refractivity contribution in [2.75, 3.05) is 5.73 Å². The molecule has 2 aromatic rings. The average molecular weight is 290 g/mol. The second-order valence-corrected chi connectivity index (χ2v) is 5.87. The Morgan fingerprint density at radius 3 is 2.50 bits per heavy atom. The molecule has 0 spiro atoms. The highest BCUT2D eigenvalue weighted by Gasteiger charge is 2.25. The van der Waals surface area contributed by atoms with Gasteiger partial charge in [0.05, 0.1) is 0 Å². The van der Waals surface area contributed by atoms with E-state index in [0.29, 0.717) is 5.92 Å². The smallest absolute Gasteiger partial charge is 0.131 e. The summed E-state index contributed by atoms with van der Waals surface area (Å²) in [5, 5.41) is 0.735. The lowest BCUT2D eigenvalue weighted by atomic mass is 10.1. The molecule has 20 heavy (non-hydrogen) atoms. The Kier molecular flexibility index (Phi) is 3.70. The molecule has 1 heterocycles. The van der Waals surface area contributed by atoms with Crippen molar-refractivity contribution in [2.45, 2.75) is 45.1 Å². The van der Waals surface area contributed by atoms with Crippen LogP contribution in [0.1, 0.15) is 44.3 Å². The second-order valence-electron chi connectivity index (χ2n) is 5.44. The standard InChI is InChI=1S/C16H20ClN3/c1-2-20-15(18)14(11-7-9-13(17)10-8-11)19-16(20)12-5-3-4-6-12/h7-10,12H,2-6,18H2,1H3. The van der Waals surface area contributed by atoms with Gasteiger partial charge in [0.1, 0.15) is 17.3 Å². The SMILES string of the molecule is CCn1c(C2CCCC2)nc(-c2ccc(Cl)cc2)c1N. The van der Waals surface area contributed by atoms with Crippen molar-refractivity contribution in [3.63, 3.8) is 0 Å². The van der Waals surface area contributed by atoms with Gasteiger partial charge < -0.3 is 10.3 Å². The minimum Gasteiger partial charge on any atom is -0.383 e. The molecule has 0 amide bonds. The van der Waals surface area contributed by atoms with Crippen LogP contribution in [0, 0.1) is 0 Å². The van der Waals surface area contributed by atoms with Crippen LogP contribution in [0.2, 0.25) is 5.02 Å². The first-order chi connectivity index (χ1) is 9.70. The maximum atomic E-state index is 6.32. The van der Waals surface area contributed by atoms with Crippen LogP contribution in [-0.4, -0.2) is 9.55 Å². The van der Waals surface area contributed by atoms with Gasteiger partial charge in [-0.05, 0) is 31.9 Å². The van der Waals surface area contributed by atoms with E-state index in [9.17, 15) is 0 Å². The third kappa shape index (κ3) is 2.31. The zero-order chi connectivity index (χ0) is 14.1. The van der Waals surface area contributed by atoms with Crippen molar-refractivity contribution in [3.8, 4) is 11.3 Å². The molecular formula is C16H20ClN3. The Bertz CT molecular complexity index is 595. The first-order valence-electron chi connectivity index (χ1n) is 7.32. The van der Waals surface area contributed by atoms with E-state index >= 15 is 0 Å². The molecule has 3 rings (SSSR count). The summed E-state index contributed by atoms with van der Waals surface area (Å²) in [6.45, 7) is 3.00. The molecule has 0 unspecified atom stereocenters. The van der Waals surface area contributed by atoms with Gasteiger partial charge in [-0.1, -0.05) is 36.6 Å². The quantitative estimate of drug-likeness (QED) is 0.906. The second kappa shape index (κ2) is 5.49. The molecule has 1 aromatic carbocycles. The van der Waals surface area contributed by atoms with E-state index in [2.05, 4.69) is 11.5 Å². The largest absolute Gasteiger partial charge is 0.383 e. The van der Waals surface area contributed by atoms with E-state index in [1.165, 1.54) is 25.7 Å². The summed E-state index contributed by atoms with van der Waals surface area (Å²) in [5.74, 6) is 2.50. The molecule has 1 aliphatic carbocycles. The molecular weight excluding hydrogens is 270 g/mol. The fourth-order valence-electron chi connectivity index (χ4n) is 3.13. The monoisotopic (exact) mass is 289 g/mol. The Hall–Kier alpha value is -1.48. The van der Waals surface area contributed by atoms with E-state index in [-0.39, 0.29) is 0 Å². The molecule has 0 saturated heterocycles. The summed E-state index contributed by atoms with van der Waals surface area (Å²) in [5.41, 5.74) is 8.25. The minimum atomic E-state index is 0.568. The summed E-state index contributed by atoms with van der Waals surface area (Å²) in [6.07, 6.45) is 5.07. The molecule has 1 fully saturated rings. The minimum absolute atomic E-state index is 0.568. The number of hydrogen-bond donors (Lipinski definition) is 1. The van der Waals surface area contributed by atoms with Crippen LogP contribution < -0.4 is 5.73 Å². The van der Waals surface area contributed by atoms with Gasteiger partial charge in [0.25, 0.3) is 0 Å². The number of anilines is 1. The third-order valence-electron chi connectivity index (χ3n) is 4.19. The summed E-state index contributed by atoms with van der Waals surface area (Å²) in [6, 6.07) is 7.74. The van der Waals surface area contributed by atoms with E-state index in [1.54, 1.807) is 0 Å². The molecule has 0 atom stereocenters. The third-order valence-corrected chi connectivity index (χ3v) is 4.44. The Morgan fingerprint density at radius 1 is 1.25 bits per heavy atom. The topological polar surface area (TPSA) is 43.8 Å². The van der Waals surface area contributed by atoms with Crippen LogP contribution in [0.15, 0.2) is 24.3 Å². The average Bonchev–Trinajstić information content (AvgIpc) is 3.07. The molecule has 1 aliphatic rings. The van der Waals surface area contributed by atoms with Crippen molar-refractivity contribution in [1.82, 2.24) is 9.55 Å². The molecule has 106 valence electrons. The van der Waals surface area contributed by atoms with Gasteiger partial charge in [0.2, 0.25) is 0 Å². The zero-order valence-electron chi connectivity index (χ0n) is 11.8. The van der Waals surface area contributed by atoms with Gasteiger partial charge in [0.15, 0.2) is 0 Å². The fourth-order valence-corrected chi connectivity index (χ4v) is 3.26. The van der Waals surface area contributed by atoms with Crippen LogP contribution >= 0.6 is 11.6 Å². The van der Waals surface area contributed by atoms with Gasteiger partial charge in [-0.15, -0.1) is 0 Å². The first kappa shape index (κ1) is 13.5. The van der Waals surface area contributed by atoms with Crippen LogP contribution in [0.25, 0.3) is 11.3 Å². The number of nitrogen functional groups attached to an aromatic ring is 1. The van der Waals surface area contributed by atoms with Gasteiger partial charge in [0, 0.05) is 23.0 Å². The number of nitrogens with two attached hydrogens (primary N) is 1. The number of aromatic nitrogens is 2. The maximum absolute atomic E-state index is 6.32. The number of imidazole rings is 1. The summed E-state index contributed by atoms with van der Waals surface area (Å²) < 4.78 is 2.17. The lowest BCUT2D eigenvalue weighted by Crippen LogP contribution is -2.08. The molecule has 0 radical (unpaired) electrons. The molecule has 0 bridgehead atoms. The predicted molar refractivity (Wildman–Crippen MR) is 84.0 cm³/mol. The maximum Gasteiger partial charge on any atom is 0.131 e. The predicted octanol–water partition coefficient (Wildman–Crippen LogP) is 4.46. The summed E-state index contributed by atoms with van der Waals surface area (Å²) in [7, 11) is 0. The Balaban J connectivity index is 2.05. The van der Waals surface area contributed by atoms with Crippen LogP contribution in [0.3, 0.4) is 0 Å². The number of rotatable bonds is 3. The van der Waals surface area contributed by atoms with Crippen molar-refractivity contribution in [3.05, 3.63) is 35.1 Å². The van der Waals surface area contributed by atoms with E-state index in [0.717, 1.165) is 34.5 Å². The lowest BCUT2D eigenvalue weighted by molar-refractivity contribution is 0.604. The summed E-state index contributed by atoms with van der Waals surface area (Å²) >= 11 is 5.95. The normalized spacial score (nSPS) is 15.9. The number of benzene rings is 1. The molecule has 4 heteroatoms. The van der Waals surface area contributed by atoms with Crippen molar-refractivity contribution in [1.29, 1.82) is 0 Å².